The summed E-state index contributed by atoms with van der Waals surface area (Å²) < 4.78 is 7.26. The number of para-hydroxylation sites is 2. The van der Waals surface area contributed by atoms with Gasteiger partial charge in [-0.2, -0.15) is 0 Å². The Labute approximate surface area is 187 Å². The van der Waals surface area contributed by atoms with Gasteiger partial charge in [-0.05, 0) is 44.5 Å². The Morgan fingerprint density at radius 2 is 1.69 bits per heavy atom. The third-order valence-corrected chi connectivity index (χ3v) is 5.34. The van der Waals surface area contributed by atoms with E-state index in [2.05, 4.69) is 10.6 Å². The fraction of sp³-hybridized carbons (Fsp3) is 0.240. The van der Waals surface area contributed by atoms with Crippen LogP contribution in [-0.2, 0) is 27.8 Å². The summed E-state index contributed by atoms with van der Waals surface area (Å²) in [6, 6.07) is 17.3. The molecule has 0 saturated heterocycles. The predicted octanol–water partition coefficient (Wildman–Crippen LogP) is 4.07. The zero-order valence-electron chi connectivity index (χ0n) is 18.8. The van der Waals surface area contributed by atoms with E-state index in [1.807, 2.05) is 73.1 Å². The summed E-state index contributed by atoms with van der Waals surface area (Å²) in [4.78, 5) is 24.8. The lowest BCUT2D eigenvalue weighted by Gasteiger charge is -2.15. The number of esters is 1. The van der Waals surface area contributed by atoms with Crippen LogP contribution in [0.15, 0.2) is 66.0 Å². The molecule has 0 spiro atoms. The molecule has 32 heavy (non-hydrogen) atoms. The highest BCUT2D eigenvalue weighted by Crippen LogP contribution is 2.25. The van der Waals surface area contributed by atoms with E-state index in [1.165, 1.54) is 0 Å². The van der Waals surface area contributed by atoms with Crippen LogP contribution in [0, 0.1) is 12.3 Å². The maximum atomic E-state index is 12.4. The molecule has 0 fully saturated rings. The van der Waals surface area contributed by atoms with Crippen molar-refractivity contribution in [2.24, 2.45) is 7.05 Å². The number of amides is 1. The van der Waals surface area contributed by atoms with Gasteiger partial charge in [0, 0.05) is 35.0 Å². The smallest absolute Gasteiger partial charge is 0.310 e. The zero-order chi connectivity index (χ0) is 23.3. The van der Waals surface area contributed by atoms with Crippen LogP contribution in [0.4, 0.5) is 5.69 Å². The summed E-state index contributed by atoms with van der Waals surface area (Å²) in [5, 5.41) is 14.8. The Hall–Kier alpha value is -3.87. The maximum Gasteiger partial charge on any atom is 0.310 e. The van der Waals surface area contributed by atoms with Crippen molar-refractivity contribution in [2.45, 2.75) is 27.2 Å². The van der Waals surface area contributed by atoms with Crippen molar-refractivity contribution in [2.75, 3.05) is 11.9 Å². The van der Waals surface area contributed by atoms with Gasteiger partial charge in [0.15, 0.2) is 6.61 Å². The number of nitrogens with zero attached hydrogens (tertiary/aromatic N) is 1. The van der Waals surface area contributed by atoms with Crippen molar-refractivity contribution in [1.29, 1.82) is 5.41 Å². The number of ether oxygens (including phenoxy) is 1. The van der Waals surface area contributed by atoms with E-state index in [-0.39, 0.29) is 12.1 Å². The normalized spacial score (nSPS) is 11.6. The van der Waals surface area contributed by atoms with Crippen molar-refractivity contribution in [3.05, 3.63) is 77.2 Å². The third-order valence-electron chi connectivity index (χ3n) is 5.34. The number of aromatic nitrogens is 1. The summed E-state index contributed by atoms with van der Waals surface area (Å²) in [5.74, 6) is -0.973. The number of carbonyl (C=O) groups is 2. The lowest BCUT2D eigenvalue weighted by molar-refractivity contribution is -0.147. The standard InChI is InChI=1S/C25H28N4O3/c1-16(26)25(17(2)27-19-10-6-5-7-11-19)28-23(30)15-32-24(31)14-21-18(3)29(4)22-13-9-8-12-20(21)22/h5-13,26-27H,14-15H2,1-4H3,(H,28,30)/b25-17+,26-16?. The number of fused-ring (bicyclic) bond motifs is 1. The van der Waals surface area contributed by atoms with E-state index in [9.17, 15) is 9.59 Å². The van der Waals surface area contributed by atoms with Gasteiger partial charge >= 0.3 is 5.97 Å². The van der Waals surface area contributed by atoms with E-state index in [1.54, 1.807) is 13.8 Å². The van der Waals surface area contributed by atoms with Crippen LogP contribution in [-0.4, -0.2) is 28.8 Å². The highest BCUT2D eigenvalue weighted by molar-refractivity contribution is 6.00. The highest BCUT2D eigenvalue weighted by atomic mass is 16.5. The molecule has 1 heterocycles. The number of benzene rings is 2. The first-order valence-corrected chi connectivity index (χ1v) is 10.3. The van der Waals surface area contributed by atoms with Gasteiger partial charge in [-0.3, -0.25) is 9.59 Å². The van der Waals surface area contributed by atoms with Crippen LogP contribution in [0.3, 0.4) is 0 Å². The first-order valence-electron chi connectivity index (χ1n) is 10.3. The monoisotopic (exact) mass is 432 g/mol. The molecule has 7 heteroatoms. The van der Waals surface area contributed by atoms with Crippen LogP contribution >= 0.6 is 0 Å². The Morgan fingerprint density at radius 1 is 1.03 bits per heavy atom. The number of nitrogens with one attached hydrogen (secondary N) is 3. The maximum absolute atomic E-state index is 12.4. The number of hydrogen-bond acceptors (Lipinski definition) is 5. The van der Waals surface area contributed by atoms with Crippen LogP contribution < -0.4 is 10.6 Å². The quantitative estimate of drug-likeness (QED) is 0.369. The minimum Gasteiger partial charge on any atom is -0.455 e. The lowest BCUT2D eigenvalue weighted by atomic mass is 10.1. The number of aryl methyl sites for hydroxylation is 1. The van der Waals surface area contributed by atoms with E-state index in [4.69, 9.17) is 10.1 Å². The van der Waals surface area contributed by atoms with E-state index in [0.717, 1.165) is 27.8 Å². The topological polar surface area (TPSA) is 96.2 Å². The number of rotatable bonds is 8. The van der Waals surface area contributed by atoms with Crippen LogP contribution in [0.1, 0.15) is 25.1 Å². The number of anilines is 1. The second-order valence-electron chi connectivity index (χ2n) is 7.64. The third kappa shape index (κ3) is 5.24. The molecule has 0 aliphatic rings. The average Bonchev–Trinajstić information content (AvgIpc) is 3.01. The van der Waals surface area contributed by atoms with E-state index < -0.39 is 18.5 Å². The molecule has 0 saturated carbocycles. The predicted molar refractivity (Wildman–Crippen MR) is 127 cm³/mol. The van der Waals surface area contributed by atoms with Gasteiger partial charge in [0.1, 0.15) is 0 Å². The summed E-state index contributed by atoms with van der Waals surface area (Å²) in [7, 11) is 1.96. The SMILES string of the molecule is CC(=N)/C(NC(=O)COC(=O)Cc1c(C)n(C)c2ccccc12)=C(/C)Nc1ccccc1. The van der Waals surface area contributed by atoms with Crippen LogP contribution in [0.25, 0.3) is 10.9 Å². The molecule has 0 aliphatic carbocycles. The Kier molecular flexibility index (Phi) is 7.10. The number of carbonyl (C=O) groups excluding carboxylic acids is 2. The van der Waals surface area contributed by atoms with Gasteiger partial charge in [-0.1, -0.05) is 36.4 Å². The number of hydrogen-bond donors (Lipinski definition) is 3. The van der Waals surface area contributed by atoms with Crippen LogP contribution in [0.5, 0.6) is 0 Å². The Bertz CT molecular complexity index is 1190. The van der Waals surface area contributed by atoms with Gasteiger partial charge in [0.2, 0.25) is 0 Å². The molecular formula is C25H28N4O3. The van der Waals surface area contributed by atoms with Crippen molar-refractivity contribution >= 4 is 34.2 Å². The van der Waals surface area contributed by atoms with Crippen molar-refractivity contribution in [1.82, 2.24) is 9.88 Å². The second kappa shape index (κ2) is 9.96. The van der Waals surface area contributed by atoms with Crippen molar-refractivity contribution in [3.8, 4) is 0 Å². The molecule has 3 rings (SSSR count). The fourth-order valence-corrected chi connectivity index (χ4v) is 3.61. The average molecular weight is 433 g/mol. The van der Waals surface area contributed by atoms with Gasteiger partial charge in [0.05, 0.1) is 17.8 Å². The largest absolute Gasteiger partial charge is 0.455 e. The molecule has 0 atom stereocenters. The lowest BCUT2D eigenvalue weighted by Crippen LogP contribution is -2.32. The second-order valence-corrected chi connectivity index (χ2v) is 7.64. The minimum absolute atomic E-state index is 0.0847. The molecule has 1 amide bonds. The molecule has 3 N–H and O–H groups in total. The first-order chi connectivity index (χ1) is 15.3. The highest BCUT2D eigenvalue weighted by Gasteiger charge is 2.17. The summed E-state index contributed by atoms with van der Waals surface area (Å²) in [6.07, 6.45) is 0.0847. The molecule has 7 nitrogen and oxygen atoms in total. The van der Waals surface area contributed by atoms with E-state index in [0.29, 0.717) is 11.4 Å². The van der Waals surface area contributed by atoms with Crippen LogP contribution in [0.2, 0.25) is 0 Å². The molecule has 0 unspecified atom stereocenters. The fourth-order valence-electron chi connectivity index (χ4n) is 3.61. The zero-order valence-corrected chi connectivity index (χ0v) is 18.8. The van der Waals surface area contributed by atoms with Gasteiger partial charge in [-0.15, -0.1) is 0 Å². The first kappa shape index (κ1) is 22.8. The summed E-state index contributed by atoms with van der Waals surface area (Å²) >= 11 is 0. The summed E-state index contributed by atoms with van der Waals surface area (Å²) in [6.45, 7) is 4.90. The molecule has 166 valence electrons. The van der Waals surface area contributed by atoms with Gasteiger partial charge in [-0.25, -0.2) is 0 Å². The molecule has 1 aromatic heterocycles. The Morgan fingerprint density at radius 3 is 2.38 bits per heavy atom. The summed E-state index contributed by atoms with van der Waals surface area (Å²) in [5.41, 5.74) is 4.93. The minimum atomic E-state index is -0.496. The van der Waals surface area contributed by atoms with Crippen molar-refractivity contribution < 1.29 is 14.3 Å². The van der Waals surface area contributed by atoms with Gasteiger partial charge < -0.3 is 25.3 Å². The van der Waals surface area contributed by atoms with Gasteiger partial charge in [0.25, 0.3) is 5.91 Å². The van der Waals surface area contributed by atoms with Crippen molar-refractivity contribution in [3.63, 3.8) is 0 Å². The molecule has 3 aromatic rings. The molecule has 0 bridgehead atoms. The molecule has 2 aromatic carbocycles. The molecular weight excluding hydrogens is 404 g/mol. The molecule has 0 radical (unpaired) electrons. The molecule has 0 aliphatic heterocycles. The van der Waals surface area contributed by atoms with E-state index >= 15 is 0 Å². The Balaban J connectivity index is 1.62. The number of allylic oxidation sites excluding steroid dienone is 2.